The first kappa shape index (κ1) is 17.9. The number of nitrogens with zero attached hydrogens (tertiary/aromatic N) is 4. The molecule has 0 N–H and O–H groups in total. The Morgan fingerprint density at radius 2 is 1.72 bits per heavy atom. The van der Waals surface area contributed by atoms with Crippen LogP contribution in [0.1, 0.15) is 18.4 Å². The maximum absolute atomic E-state index is 13.3. The summed E-state index contributed by atoms with van der Waals surface area (Å²) in [5.74, 6) is 0.391. The molecule has 1 aliphatic rings. The number of hydrogen-bond acceptors (Lipinski definition) is 3. The van der Waals surface area contributed by atoms with E-state index in [1.165, 1.54) is 9.13 Å². The van der Waals surface area contributed by atoms with E-state index in [2.05, 4.69) is 4.98 Å². The van der Waals surface area contributed by atoms with Crippen LogP contribution in [0.25, 0.3) is 16.9 Å². The second-order valence-corrected chi connectivity index (χ2v) is 7.86. The number of rotatable bonds is 5. The van der Waals surface area contributed by atoms with Crippen molar-refractivity contribution in [2.24, 2.45) is 5.92 Å². The third-order valence-electron chi connectivity index (χ3n) is 5.35. The molecule has 2 heterocycles. The Bertz CT molecular complexity index is 1320. The van der Waals surface area contributed by atoms with Crippen LogP contribution in [0.5, 0.6) is 0 Å². The smallest absolute Gasteiger partial charge is 0.320 e. The van der Waals surface area contributed by atoms with Crippen molar-refractivity contribution < 1.29 is 0 Å². The van der Waals surface area contributed by atoms with E-state index in [4.69, 9.17) is 11.6 Å². The molecule has 4 aromatic rings. The highest BCUT2D eigenvalue weighted by Gasteiger charge is 2.26. The van der Waals surface area contributed by atoms with E-state index in [0.717, 1.165) is 18.4 Å². The first-order valence-corrected chi connectivity index (χ1v) is 10.0. The van der Waals surface area contributed by atoms with Crippen LogP contribution in [0.15, 0.2) is 70.5 Å². The topological polar surface area (TPSA) is 61.8 Å². The van der Waals surface area contributed by atoms with E-state index in [9.17, 15) is 9.59 Å². The Morgan fingerprint density at radius 3 is 2.45 bits per heavy atom. The average Bonchev–Trinajstić information content (AvgIpc) is 3.46. The molecule has 146 valence electrons. The van der Waals surface area contributed by atoms with Gasteiger partial charge in [-0.15, -0.1) is 0 Å². The fourth-order valence-corrected chi connectivity index (χ4v) is 3.83. The highest BCUT2D eigenvalue weighted by Crippen LogP contribution is 2.30. The molecule has 1 aliphatic carbocycles. The second kappa shape index (κ2) is 7.04. The Balaban J connectivity index is 1.76. The standard InChI is InChI=1S/C22H19ClN4O2/c23-18-9-5-4-6-16(18)13-25-14-24-20-19(25)21(28)26(12-15-10-11-15)22(29)27(20)17-7-2-1-3-8-17/h1-9,14-15H,10-13H2. The van der Waals surface area contributed by atoms with Crippen LogP contribution < -0.4 is 11.2 Å². The normalized spacial score (nSPS) is 13.8. The fraction of sp³-hybridized carbons (Fsp3) is 0.227. The van der Waals surface area contributed by atoms with Crippen LogP contribution in [-0.4, -0.2) is 18.7 Å². The van der Waals surface area contributed by atoms with Gasteiger partial charge in [0.05, 0.1) is 18.6 Å². The molecule has 0 amide bonds. The number of halogens is 1. The summed E-state index contributed by atoms with van der Waals surface area (Å²) in [7, 11) is 0. The van der Waals surface area contributed by atoms with Crippen LogP contribution in [0.4, 0.5) is 0 Å². The molecule has 0 bridgehead atoms. The van der Waals surface area contributed by atoms with E-state index in [0.29, 0.717) is 40.9 Å². The lowest BCUT2D eigenvalue weighted by Gasteiger charge is -2.13. The zero-order valence-electron chi connectivity index (χ0n) is 15.7. The molecule has 0 unspecified atom stereocenters. The summed E-state index contributed by atoms with van der Waals surface area (Å²) in [5, 5.41) is 0.629. The molecule has 0 aliphatic heterocycles. The Kier molecular flexibility index (Phi) is 4.36. The van der Waals surface area contributed by atoms with Crippen molar-refractivity contribution in [3.63, 3.8) is 0 Å². The van der Waals surface area contributed by atoms with Crippen molar-refractivity contribution in [1.82, 2.24) is 18.7 Å². The third kappa shape index (κ3) is 3.19. The van der Waals surface area contributed by atoms with Crippen LogP contribution >= 0.6 is 11.6 Å². The number of fused-ring (bicyclic) bond motifs is 1. The lowest BCUT2D eigenvalue weighted by atomic mass is 10.2. The Hall–Kier alpha value is -3.12. The SMILES string of the molecule is O=c1c2c(ncn2Cc2ccccc2Cl)n(-c2ccccc2)c(=O)n1CC1CC1. The van der Waals surface area contributed by atoms with Gasteiger partial charge in [0.25, 0.3) is 5.56 Å². The van der Waals surface area contributed by atoms with Gasteiger partial charge in [-0.25, -0.2) is 14.3 Å². The maximum atomic E-state index is 13.3. The molecule has 1 saturated carbocycles. The highest BCUT2D eigenvalue weighted by atomic mass is 35.5. The number of para-hydroxylation sites is 1. The molecule has 0 spiro atoms. The largest absolute Gasteiger partial charge is 0.337 e. The minimum atomic E-state index is -0.344. The van der Waals surface area contributed by atoms with Crippen molar-refractivity contribution in [2.75, 3.05) is 0 Å². The lowest BCUT2D eigenvalue weighted by Crippen LogP contribution is -2.40. The van der Waals surface area contributed by atoms with Gasteiger partial charge in [-0.05, 0) is 42.5 Å². The zero-order chi connectivity index (χ0) is 20.0. The van der Waals surface area contributed by atoms with Crippen molar-refractivity contribution in [2.45, 2.75) is 25.9 Å². The summed E-state index contributed by atoms with van der Waals surface area (Å²) in [6.07, 6.45) is 3.71. The number of aromatic nitrogens is 4. The van der Waals surface area contributed by atoms with E-state index in [1.807, 2.05) is 54.6 Å². The number of hydrogen-bond donors (Lipinski definition) is 0. The fourth-order valence-electron chi connectivity index (χ4n) is 3.64. The van der Waals surface area contributed by atoms with E-state index in [-0.39, 0.29) is 11.2 Å². The number of benzene rings is 2. The molecular formula is C22H19ClN4O2. The van der Waals surface area contributed by atoms with Gasteiger partial charge < -0.3 is 4.57 Å². The molecule has 6 nitrogen and oxygen atoms in total. The Morgan fingerprint density at radius 1 is 1.00 bits per heavy atom. The van der Waals surface area contributed by atoms with E-state index < -0.39 is 0 Å². The van der Waals surface area contributed by atoms with Crippen LogP contribution in [0.2, 0.25) is 5.02 Å². The molecule has 5 rings (SSSR count). The minimum absolute atomic E-state index is 0.298. The zero-order valence-corrected chi connectivity index (χ0v) is 16.4. The second-order valence-electron chi connectivity index (χ2n) is 7.45. The van der Waals surface area contributed by atoms with Gasteiger partial charge in [-0.1, -0.05) is 48.0 Å². The summed E-state index contributed by atoms with van der Waals surface area (Å²) < 4.78 is 4.67. The predicted octanol–water partition coefficient (Wildman–Crippen LogP) is 3.46. The number of imidazole rings is 1. The third-order valence-corrected chi connectivity index (χ3v) is 5.72. The van der Waals surface area contributed by atoms with Crippen molar-refractivity contribution in [1.29, 1.82) is 0 Å². The average molecular weight is 407 g/mol. The van der Waals surface area contributed by atoms with Crippen LogP contribution in [0, 0.1) is 5.92 Å². The summed E-state index contributed by atoms with van der Waals surface area (Å²) in [5.41, 5.74) is 1.71. The maximum Gasteiger partial charge on any atom is 0.337 e. The summed E-state index contributed by atoms with van der Waals surface area (Å²) >= 11 is 6.32. The highest BCUT2D eigenvalue weighted by molar-refractivity contribution is 6.31. The van der Waals surface area contributed by atoms with Crippen molar-refractivity contribution >= 4 is 22.8 Å². The molecule has 2 aromatic heterocycles. The van der Waals surface area contributed by atoms with Gasteiger partial charge >= 0.3 is 5.69 Å². The van der Waals surface area contributed by atoms with E-state index >= 15 is 0 Å². The van der Waals surface area contributed by atoms with Gasteiger partial charge in [0.15, 0.2) is 11.2 Å². The van der Waals surface area contributed by atoms with Gasteiger partial charge in [-0.3, -0.25) is 9.36 Å². The first-order chi connectivity index (χ1) is 14.1. The van der Waals surface area contributed by atoms with Crippen LogP contribution in [-0.2, 0) is 13.1 Å². The monoisotopic (exact) mass is 406 g/mol. The molecule has 1 fully saturated rings. The first-order valence-electron chi connectivity index (χ1n) is 9.63. The lowest BCUT2D eigenvalue weighted by molar-refractivity contribution is 0.567. The quantitative estimate of drug-likeness (QED) is 0.510. The molecule has 7 heteroatoms. The summed E-state index contributed by atoms with van der Waals surface area (Å²) in [6, 6.07) is 16.8. The summed E-state index contributed by atoms with van der Waals surface area (Å²) in [6.45, 7) is 0.847. The van der Waals surface area contributed by atoms with Gasteiger partial charge in [0.1, 0.15) is 0 Å². The van der Waals surface area contributed by atoms with Crippen molar-refractivity contribution in [3.8, 4) is 5.69 Å². The minimum Gasteiger partial charge on any atom is -0.320 e. The van der Waals surface area contributed by atoms with E-state index in [1.54, 1.807) is 10.9 Å². The summed E-state index contributed by atoms with van der Waals surface area (Å²) in [4.78, 5) is 31.0. The van der Waals surface area contributed by atoms with Gasteiger partial charge in [0.2, 0.25) is 0 Å². The molecule has 2 aromatic carbocycles. The van der Waals surface area contributed by atoms with Crippen LogP contribution in [0.3, 0.4) is 0 Å². The molecule has 0 radical (unpaired) electrons. The van der Waals surface area contributed by atoms with Crippen molar-refractivity contribution in [3.05, 3.63) is 92.3 Å². The van der Waals surface area contributed by atoms with Gasteiger partial charge in [-0.2, -0.15) is 0 Å². The Labute approximate surface area is 171 Å². The van der Waals surface area contributed by atoms with Gasteiger partial charge in [0, 0.05) is 11.6 Å². The molecular weight excluding hydrogens is 388 g/mol. The predicted molar refractivity (Wildman–Crippen MR) is 113 cm³/mol. The molecule has 29 heavy (non-hydrogen) atoms. The molecule has 0 atom stereocenters. The molecule has 0 saturated heterocycles.